The Labute approximate surface area is 173 Å². The number of nitrogens with zero attached hydrogens (tertiary/aromatic N) is 3. The van der Waals surface area contributed by atoms with Crippen LogP contribution in [-0.4, -0.2) is 33.7 Å². The standard InChI is InChI=1S/C23H21N5O2/c1-30-20-8-3-2-7-19(20)25-23-26-21-12-9-17(14-28(21)27-23)15-5-4-6-16(13-15)22(29)24-18-10-11-18/h2-9,12-14,18H,10-11H2,1H3,(H,24,29)(H,25,27). The van der Waals surface area contributed by atoms with E-state index in [2.05, 4.69) is 20.7 Å². The summed E-state index contributed by atoms with van der Waals surface area (Å²) in [7, 11) is 1.63. The second-order valence-corrected chi connectivity index (χ2v) is 7.31. The highest BCUT2D eigenvalue weighted by Gasteiger charge is 2.23. The van der Waals surface area contributed by atoms with Gasteiger partial charge in [-0.05, 0) is 54.8 Å². The lowest BCUT2D eigenvalue weighted by molar-refractivity contribution is 0.0951. The number of ether oxygens (including phenoxy) is 1. The van der Waals surface area contributed by atoms with Gasteiger partial charge in [0.25, 0.3) is 5.91 Å². The van der Waals surface area contributed by atoms with Gasteiger partial charge in [-0.3, -0.25) is 4.79 Å². The van der Waals surface area contributed by atoms with E-state index in [4.69, 9.17) is 4.74 Å². The van der Waals surface area contributed by atoms with Crippen LogP contribution in [0.5, 0.6) is 5.75 Å². The minimum Gasteiger partial charge on any atom is -0.495 e. The van der Waals surface area contributed by atoms with Crippen LogP contribution in [0, 0.1) is 0 Å². The average molecular weight is 399 g/mol. The molecule has 30 heavy (non-hydrogen) atoms. The SMILES string of the molecule is COc1ccccc1Nc1nc2ccc(-c3cccc(C(=O)NC4CC4)c3)cn2n1. The van der Waals surface area contributed by atoms with Gasteiger partial charge >= 0.3 is 0 Å². The molecular formula is C23H21N5O2. The van der Waals surface area contributed by atoms with Crippen molar-refractivity contribution in [1.29, 1.82) is 0 Å². The number of hydrogen-bond donors (Lipinski definition) is 2. The zero-order chi connectivity index (χ0) is 20.5. The predicted molar refractivity (Wildman–Crippen MR) is 115 cm³/mol. The zero-order valence-corrected chi connectivity index (χ0v) is 16.5. The summed E-state index contributed by atoms with van der Waals surface area (Å²) in [5.74, 6) is 1.18. The molecule has 2 aromatic carbocycles. The van der Waals surface area contributed by atoms with Crippen molar-refractivity contribution in [1.82, 2.24) is 19.9 Å². The van der Waals surface area contributed by atoms with E-state index in [0.29, 0.717) is 17.6 Å². The number of rotatable bonds is 6. The summed E-state index contributed by atoms with van der Waals surface area (Å²) in [6.07, 6.45) is 4.05. The van der Waals surface area contributed by atoms with Crippen molar-refractivity contribution < 1.29 is 9.53 Å². The summed E-state index contributed by atoms with van der Waals surface area (Å²) in [6, 6.07) is 19.5. The number of methoxy groups -OCH3 is 1. The second kappa shape index (κ2) is 7.51. The normalized spacial score (nSPS) is 13.2. The first-order chi connectivity index (χ1) is 14.7. The Kier molecular flexibility index (Phi) is 4.55. The lowest BCUT2D eigenvalue weighted by Crippen LogP contribution is -2.25. The number of anilines is 2. The summed E-state index contributed by atoms with van der Waals surface area (Å²) in [6.45, 7) is 0. The topological polar surface area (TPSA) is 80.5 Å². The Morgan fingerprint density at radius 1 is 1.07 bits per heavy atom. The van der Waals surface area contributed by atoms with Gasteiger partial charge in [0.15, 0.2) is 5.65 Å². The van der Waals surface area contributed by atoms with Crippen LogP contribution in [0.4, 0.5) is 11.6 Å². The van der Waals surface area contributed by atoms with Crippen LogP contribution in [0.1, 0.15) is 23.2 Å². The molecule has 5 rings (SSSR count). The number of para-hydroxylation sites is 2. The van der Waals surface area contributed by atoms with Crippen molar-refractivity contribution >= 4 is 23.2 Å². The third kappa shape index (κ3) is 3.69. The summed E-state index contributed by atoms with van der Waals surface area (Å²) in [5, 5.41) is 10.8. The molecule has 0 saturated heterocycles. The van der Waals surface area contributed by atoms with E-state index in [1.54, 1.807) is 11.6 Å². The van der Waals surface area contributed by atoms with Gasteiger partial charge < -0.3 is 15.4 Å². The van der Waals surface area contributed by atoms with E-state index in [1.165, 1.54) is 0 Å². The minimum absolute atomic E-state index is 0.0236. The number of carbonyl (C=O) groups is 1. The minimum atomic E-state index is -0.0236. The molecule has 7 nitrogen and oxygen atoms in total. The van der Waals surface area contributed by atoms with E-state index in [9.17, 15) is 4.79 Å². The summed E-state index contributed by atoms with van der Waals surface area (Å²) < 4.78 is 7.10. The number of aromatic nitrogens is 3. The molecule has 1 aliphatic rings. The molecule has 0 atom stereocenters. The number of carbonyl (C=O) groups excluding carboxylic acids is 1. The molecule has 150 valence electrons. The maximum Gasteiger partial charge on any atom is 0.251 e. The maximum absolute atomic E-state index is 12.4. The molecule has 2 heterocycles. The average Bonchev–Trinajstić information content (AvgIpc) is 3.50. The quantitative estimate of drug-likeness (QED) is 0.511. The van der Waals surface area contributed by atoms with Crippen LogP contribution < -0.4 is 15.4 Å². The van der Waals surface area contributed by atoms with Crippen LogP contribution in [0.15, 0.2) is 66.9 Å². The van der Waals surface area contributed by atoms with E-state index in [-0.39, 0.29) is 5.91 Å². The number of hydrogen-bond acceptors (Lipinski definition) is 5. The van der Waals surface area contributed by atoms with Gasteiger partial charge in [-0.2, -0.15) is 4.98 Å². The van der Waals surface area contributed by atoms with Gasteiger partial charge in [0.05, 0.1) is 12.8 Å². The van der Waals surface area contributed by atoms with E-state index < -0.39 is 0 Å². The summed E-state index contributed by atoms with van der Waals surface area (Å²) in [4.78, 5) is 16.9. The molecule has 7 heteroatoms. The number of amides is 1. The van der Waals surface area contributed by atoms with Crippen molar-refractivity contribution in [2.24, 2.45) is 0 Å². The molecule has 0 radical (unpaired) electrons. The summed E-state index contributed by atoms with van der Waals surface area (Å²) in [5.41, 5.74) is 4.09. The largest absolute Gasteiger partial charge is 0.495 e. The third-order valence-electron chi connectivity index (χ3n) is 5.06. The Bertz CT molecular complexity index is 1230. The Balaban J connectivity index is 1.42. The smallest absolute Gasteiger partial charge is 0.251 e. The van der Waals surface area contributed by atoms with Gasteiger partial charge in [-0.25, -0.2) is 4.52 Å². The number of fused-ring (bicyclic) bond motifs is 1. The Morgan fingerprint density at radius 2 is 1.93 bits per heavy atom. The third-order valence-corrected chi connectivity index (χ3v) is 5.06. The van der Waals surface area contributed by atoms with E-state index in [1.807, 2.05) is 66.9 Å². The molecule has 0 bridgehead atoms. The van der Waals surface area contributed by atoms with Crippen LogP contribution in [0.2, 0.25) is 0 Å². The fourth-order valence-corrected chi connectivity index (χ4v) is 3.31. The number of benzene rings is 2. The predicted octanol–water partition coefficient (Wildman–Crippen LogP) is 4.04. The first-order valence-electron chi connectivity index (χ1n) is 9.87. The molecule has 0 aliphatic heterocycles. The molecule has 2 N–H and O–H groups in total. The zero-order valence-electron chi connectivity index (χ0n) is 16.5. The van der Waals surface area contributed by atoms with Crippen molar-refractivity contribution in [3.8, 4) is 16.9 Å². The number of nitrogens with one attached hydrogen (secondary N) is 2. The highest BCUT2D eigenvalue weighted by molar-refractivity contribution is 5.95. The van der Waals surface area contributed by atoms with Gasteiger partial charge in [-0.1, -0.05) is 24.3 Å². The van der Waals surface area contributed by atoms with E-state index >= 15 is 0 Å². The highest BCUT2D eigenvalue weighted by atomic mass is 16.5. The fraction of sp³-hybridized carbons (Fsp3) is 0.174. The molecule has 1 amide bonds. The molecule has 0 spiro atoms. The maximum atomic E-state index is 12.4. The fourth-order valence-electron chi connectivity index (χ4n) is 3.31. The first kappa shape index (κ1) is 18.2. The first-order valence-corrected chi connectivity index (χ1v) is 9.87. The van der Waals surface area contributed by atoms with Crippen LogP contribution in [-0.2, 0) is 0 Å². The molecule has 1 saturated carbocycles. The van der Waals surface area contributed by atoms with Crippen molar-refractivity contribution in [2.45, 2.75) is 18.9 Å². The van der Waals surface area contributed by atoms with Crippen LogP contribution in [0.25, 0.3) is 16.8 Å². The highest BCUT2D eigenvalue weighted by Crippen LogP contribution is 2.27. The number of pyridine rings is 1. The van der Waals surface area contributed by atoms with Gasteiger partial charge in [0.1, 0.15) is 5.75 Å². The van der Waals surface area contributed by atoms with Crippen molar-refractivity contribution in [3.05, 3.63) is 72.4 Å². The molecule has 1 fully saturated rings. The van der Waals surface area contributed by atoms with Gasteiger partial charge in [0, 0.05) is 23.4 Å². The van der Waals surface area contributed by atoms with Crippen molar-refractivity contribution in [3.63, 3.8) is 0 Å². The molecule has 1 aliphatic carbocycles. The van der Waals surface area contributed by atoms with Crippen molar-refractivity contribution in [2.75, 3.05) is 12.4 Å². The summed E-state index contributed by atoms with van der Waals surface area (Å²) >= 11 is 0. The van der Waals surface area contributed by atoms with Crippen LogP contribution in [0.3, 0.4) is 0 Å². The Morgan fingerprint density at radius 3 is 2.77 bits per heavy atom. The van der Waals surface area contributed by atoms with Gasteiger partial charge in [-0.15, -0.1) is 5.10 Å². The second-order valence-electron chi connectivity index (χ2n) is 7.31. The molecule has 4 aromatic rings. The van der Waals surface area contributed by atoms with Gasteiger partial charge in [0.2, 0.25) is 5.95 Å². The molecule has 0 unspecified atom stereocenters. The monoisotopic (exact) mass is 399 g/mol. The molecular weight excluding hydrogens is 378 g/mol. The molecule has 2 aromatic heterocycles. The lowest BCUT2D eigenvalue weighted by Gasteiger charge is -2.07. The lowest BCUT2D eigenvalue weighted by atomic mass is 10.0. The van der Waals surface area contributed by atoms with Crippen LogP contribution >= 0.6 is 0 Å². The Hall–Kier alpha value is -3.87. The van der Waals surface area contributed by atoms with E-state index in [0.717, 1.165) is 41.1 Å².